The van der Waals surface area contributed by atoms with E-state index in [0.717, 1.165) is 44.8 Å². The number of carbonyl (C=O) groups excluding carboxylic acids is 1. The first-order valence-electron chi connectivity index (χ1n) is 9.81. The molecular weight excluding hydrogens is 416 g/mol. The first-order chi connectivity index (χ1) is 13.7. The maximum Gasteiger partial charge on any atom is 0.243 e. The fraction of sp³-hybridized carbons (Fsp3) is 0.611. The third-order valence-corrected chi connectivity index (χ3v) is 8.23. The summed E-state index contributed by atoms with van der Waals surface area (Å²) in [7, 11) is -7.82. The van der Waals surface area contributed by atoms with Gasteiger partial charge < -0.3 is 4.90 Å². The molecule has 2 N–H and O–H groups in total. The predicted molar refractivity (Wildman–Crippen MR) is 108 cm³/mol. The van der Waals surface area contributed by atoms with Gasteiger partial charge in [0.1, 0.15) is 0 Å². The van der Waals surface area contributed by atoms with Crippen molar-refractivity contribution < 1.29 is 21.6 Å². The predicted octanol–water partition coefficient (Wildman–Crippen LogP) is 0.0429. The van der Waals surface area contributed by atoms with Crippen LogP contribution in [-0.4, -0.2) is 82.7 Å². The average Bonchev–Trinajstić information content (AvgIpc) is 2.97. The molecule has 2 saturated heterocycles. The summed E-state index contributed by atoms with van der Waals surface area (Å²) in [6, 6.07) is 5.07. The molecule has 3 rings (SSSR count). The van der Waals surface area contributed by atoms with Crippen LogP contribution < -0.4 is 5.14 Å². The first-order valence-corrected chi connectivity index (χ1v) is 12.8. The van der Waals surface area contributed by atoms with Crippen LogP contribution in [0.2, 0.25) is 0 Å². The molecule has 0 aliphatic carbocycles. The fourth-order valence-corrected chi connectivity index (χ4v) is 5.80. The van der Waals surface area contributed by atoms with Crippen LogP contribution in [0.25, 0.3) is 0 Å². The van der Waals surface area contributed by atoms with Crippen molar-refractivity contribution in [2.24, 2.45) is 5.14 Å². The van der Waals surface area contributed by atoms with E-state index in [9.17, 15) is 21.6 Å². The van der Waals surface area contributed by atoms with Gasteiger partial charge in [-0.1, -0.05) is 18.9 Å². The van der Waals surface area contributed by atoms with Crippen molar-refractivity contribution in [1.29, 1.82) is 0 Å². The Morgan fingerprint density at radius 3 is 2.03 bits per heavy atom. The van der Waals surface area contributed by atoms with Crippen molar-refractivity contribution in [1.82, 2.24) is 14.1 Å². The highest BCUT2D eigenvalue weighted by atomic mass is 32.2. The second kappa shape index (κ2) is 9.09. The highest BCUT2D eigenvalue weighted by molar-refractivity contribution is 7.90. The monoisotopic (exact) mass is 444 g/mol. The van der Waals surface area contributed by atoms with Crippen molar-refractivity contribution in [2.45, 2.75) is 35.5 Å². The van der Waals surface area contributed by atoms with Crippen molar-refractivity contribution in [3.05, 3.63) is 24.3 Å². The lowest BCUT2D eigenvalue weighted by Gasteiger charge is -2.34. The SMILES string of the molecule is NS(=O)(=O)c1cccc(S(=O)(=O)N2CCN(CC(=O)N3CCCCCC3)CC2)c1. The van der Waals surface area contributed by atoms with Crippen LogP contribution in [0.15, 0.2) is 34.1 Å². The van der Waals surface area contributed by atoms with Gasteiger partial charge in [0.05, 0.1) is 16.3 Å². The van der Waals surface area contributed by atoms with Crippen LogP contribution in [0.4, 0.5) is 0 Å². The minimum Gasteiger partial charge on any atom is -0.342 e. The van der Waals surface area contributed by atoms with Crippen molar-refractivity contribution in [2.75, 3.05) is 45.8 Å². The summed E-state index contributed by atoms with van der Waals surface area (Å²) >= 11 is 0. The lowest BCUT2D eigenvalue weighted by Crippen LogP contribution is -2.51. The van der Waals surface area contributed by atoms with Gasteiger partial charge in [-0.05, 0) is 31.0 Å². The summed E-state index contributed by atoms with van der Waals surface area (Å²) in [6.07, 6.45) is 4.39. The molecule has 11 heteroatoms. The molecule has 29 heavy (non-hydrogen) atoms. The van der Waals surface area contributed by atoms with Crippen molar-refractivity contribution in [3.63, 3.8) is 0 Å². The Kier molecular flexibility index (Phi) is 6.94. The maximum atomic E-state index is 12.9. The van der Waals surface area contributed by atoms with Gasteiger partial charge in [0.25, 0.3) is 0 Å². The molecular formula is C18H28N4O5S2. The van der Waals surface area contributed by atoms with Gasteiger partial charge in [-0.25, -0.2) is 22.0 Å². The molecule has 2 aliphatic rings. The number of primary sulfonamides is 1. The summed E-state index contributed by atoms with van der Waals surface area (Å²) in [5.41, 5.74) is 0. The molecule has 2 aliphatic heterocycles. The number of nitrogens with two attached hydrogens (primary N) is 1. The molecule has 0 saturated carbocycles. The number of nitrogens with zero attached hydrogens (tertiary/aromatic N) is 3. The zero-order chi connectivity index (χ0) is 21.1. The molecule has 0 spiro atoms. The largest absolute Gasteiger partial charge is 0.342 e. The summed E-state index contributed by atoms with van der Waals surface area (Å²) in [4.78, 5) is 16.1. The third-order valence-electron chi connectivity index (χ3n) is 5.42. The number of rotatable bonds is 5. The molecule has 1 aromatic rings. The number of piperazine rings is 1. The molecule has 2 fully saturated rings. The number of amides is 1. The summed E-state index contributed by atoms with van der Waals surface area (Å²) < 4.78 is 50.1. The molecule has 0 aromatic heterocycles. The number of sulfonamides is 2. The molecule has 162 valence electrons. The van der Waals surface area contributed by atoms with Crippen LogP contribution in [0, 0.1) is 0 Å². The van der Waals surface area contributed by atoms with E-state index in [-0.39, 0.29) is 28.8 Å². The molecule has 0 atom stereocenters. The standard InChI is InChI=1S/C18H28N4O5S2/c19-28(24,25)16-6-5-7-17(14-16)29(26,27)22-12-10-20(11-13-22)15-18(23)21-8-3-1-2-4-9-21/h5-7,14H,1-4,8-13,15H2,(H2,19,24,25). The number of benzene rings is 1. The van der Waals surface area contributed by atoms with Gasteiger partial charge in [0.2, 0.25) is 26.0 Å². The average molecular weight is 445 g/mol. The lowest BCUT2D eigenvalue weighted by atomic mass is 10.2. The Morgan fingerprint density at radius 1 is 0.862 bits per heavy atom. The van der Waals surface area contributed by atoms with Crippen LogP contribution >= 0.6 is 0 Å². The molecule has 0 unspecified atom stereocenters. The minimum atomic E-state index is -3.99. The Morgan fingerprint density at radius 2 is 1.45 bits per heavy atom. The molecule has 2 heterocycles. The van der Waals surface area contributed by atoms with Crippen LogP contribution in [0.3, 0.4) is 0 Å². The van der Waals surface area contributed by atoms with E-state index in [0.29, 0.717) is 19.6 Å². The highest BCUT2D eigenvalue weighted by Crippen LogP contribution is 2.20. The van der Waals surface area contributed by atoms with Gasteiger partial charge in [0, 0.05) is 39.3 Å². The third kappa shape index (κ3) is 5.54. The van der Waals surface area contributed by atoms with E-state index in [1.807, 2.05) is 9.80 Å². The zero-order valence-electron chi connectivity index (χ0n) is 16.4. The van der Waals surface area contributed by atoms with Crippen LogP contribution in [0.5, 0.6) is 0 Å². The van der Waals surface area contributed by atoms with Gasteiger partial charge in [0.15, 0.2) is 0 Å². The van der Waals surface area contributed by atoms with Crippen molar-refractivity contribution in [3.8, 4) is 0 Å². The number of hydrogen-bond acceptors (Lipinski definition) is 6. The van der Waals surface area contributed by atoms with E-state index in [2.05, 4.69) is 0 Å². The van der Waals surface area contributed by atoms with Gasteiger partial charge >= 0.3 is 0 Å². The Balaban J connectivity index is 1.60. The van der Waals surface area contributed by atoms with Crippen molar-refractivity contribution >= 4 is 26.0 Å². The zero-order valence-corrected chi connectivity index (χ0v) is 18.0. The van der Waals surface area contributed by atoms with Crippen LogP contribution in [-0.2, 0) is 24.8 Å². The minimum absolute atomic E-state index is 0.0990. The number of hydrogen-bond donors (Lipinski definition) is 1. The van der Waals surface area contributed by atoms with E-state index >= 15 is 0 Å². The summed E-state index contributed by atoms with van der Waals surface area (Å²) in [5, 5.41) is 5.10. The number of carbonyl (C=O) groups is 1. The van der Waals surface area contributed by atoms with Gasteiger partial charge in [-0.2, -0.15) is 4.31 Å². The Hall–Kier alpha value is -1.53. The highest BCUT2D eigenvalue weighted by Gasteiger charge is 2.30. The molecule has 1 aromatic carbocycles. The van der Waals surface area contributed by atoms with E-state index in [1.165, 1.54) is 22.5 Å². The summed E-state index contributed by atoms with van der Waals surface area (Å²) in [5.74, 6) is 0.101. The number of likely N-dealkylation sites (tertiary alicyclic amines) is 1. The smallest absolute Gasteiger partial charge is 0.243 e. The fourth-order valence-electron chi connectivity index (χ4n) is 3.70. The van der Waals surface area contributed by atoms with E-state index < -0.39 is 20.0 Å². The molecule has 1 amide bonds. The second-order valence-corrected chi connectivity index (χ2v) is 11.0. The van der Waals surface area contributed by atoms with Gasteiger partial charge in [-0.3, -0.25) is 9.69 Å². The molecule has 0 bridgehead atoms. The molecule has 0 radical (unpaired) electrons. The quantitative estimate of drug-likeness (QED) is 0.685. The molecule has 9 nitrogen and oxygen atoms in total. The topological polar surface area (TPSA) is 121 Å². The Labute approximate surface area is 172 Å². The second-order valence-electron chi connectivity index (χ2n) is 7.50. The normalized spacial score (nSPS) is 20.4. The first kappa shape index (κ1) is 22.2. The van der Waals surface area contributed by atoms with E-state index in [1.54, 1.807) is 0 Å². The Bertz CT molecular complexity index is 933. The maximum absolute atomic E-state index is 12.9. The van der Waals surface area contributed by atoms with Crippen LogP contribution in [0.1, 0.15) is 25.7 Å². The summed E-state index contributed by atoms with van der Waals surface area (Å²) in [6.45, 7) is 3.29. The van der Waals surface area contributed by atoms with E-state index in [4.69, 9.17) is 5.14 Å². The van der Waals surface area contributed by atoms with Gasteiger partial charge in [-0.15, -0.1) is 0 Å². The lowest BCUT2D eigenvalue weighted by molar-refractivity contribution is -0.132.